The molecule has 0 radical (unpaired) electrons. The second-order valence-electron chi connectivity index (χ2n) is 8.97. The van der Waals surface area contributed by atoms with Gasteiger partial charge >= 0.3 is 0 Å². The van der Waals surface area contributed by atoms with Crippen LogP contribution in [0.2, 0.25) is 0 Å². The van der Waals surface area contributed by atoms with Crippen LogP contribution < -0.4 is 0 Å². The van der Waals surface area contributed by atoms with Crippen LogP contribution in [0.3, 0.4) is 0 Å². The lowest BCUT2D eigenvalue weighted by Crippen LogP contribution is -2.52. The predicted molar refractivity (Wildman–Crippen MR) is 122 cm³/mol. The minimum Gasteiger partial charge on any atom is -0.298 e. The summed E-state index contributed by atoms with van der Waals surface area (Å²) in [4.78, 5) is 4.99. The molecule has 2 heterocycles. The van der Waals surface area contributed by atoms with E-state index in [0.717, 1.165) is 31.7 Å². The van der Waals surface area contributed by atoms with Crippen LogP contribution in [0.1, 0.15) is 55.1 Å². The summed E-state index contributed by atoms with van der Waals surface area (Å²) in [6.07, 6.45) is 6.68. The molecule has 7 heteroatoms. The molecule has 0 unspecified atom stereocenters. The van der Waals surface area contributed by atoms with E-state index in [2.05, 4.69) is 37.5 Å². The van der Waals surface area contributed by atoms with E-state index in [4.69, 9.17) is 0 Å². The number of piperazine rings is 1. The van der Waals surface area contributed by atoms with Crippen LogP contribution in [0, 0.1) is 5.82 Å². The van der Waals surface area contributed by atoms with E-state index in [-0.39, 0.29) is 11.9 Å². The van der Waals surface area contributed by atoms with E-state index >= 15 is 0 Å². The zero-order valence-corrected chi connectivity index (χ0v) is 18.5. The van der Waals surface area contributed by atoms with Gasteiger partial charge in [-0.1, -0.05) is 67.8 Å². The quantitative estimate of drug-likeness (QED) is 0.589. The summed E-state index contributed by atoms with van der Waals surface area (Å²) in [6, 6.07) is 17.6. The van der Waals surface area contributed by atoms with Gasteiger partial charge in [0.1, 0.15) is 11.9 Å². The molecule has 3 aromatic rings. The van der Waals surface area contributed by atoms with Crippen molar-refractivity contribution in [3.8, 4) is 0 Å². The van der Waals surface area contributed by atoms with Crippen molar-refractivity contribution in [2.24, 2.45) is 0 Å². The van der Waals surface area contributed by atoms with Gasteiger partial charge in [-0.3, -0.25) is 9.80 Å². The van der Waals surface area contributed by atoms with Crippen LogP contribution in [0.15, 0.2) is 54.6 Å². The van der Waals surface area contributed by atoms with E-state index in [1.54, 1.807) is 6.07 Å². The first kappa shape index (κ1) is 21.2. The van der Waals surface area contributed by atoms with E-state index < -0.39 is 0 Å². The maximum absolute atomic E-state index is 15.0. The highest BCUT2D eigenvalue weighted by Crippen LogP contribution is 2.31. The third-order valence-corrected chi connectivity index (χ3v) is 6.98. The molecule has 1 atom stereocenters. The average molecular weight is 435 g/mol. The molecular weight excluding hydrogens is 403 g/mol. The van der Waals surface area contributed by atoms with Crippen molar-refractivity contribution >= 4 is 0 Å². The van der Waals surface area contributed by atoms with Gasteiger partial charge in [-0.05, 0) is 34.9 Å². The van der Waals surface area contributed by atoms with Gasteiger partial charge in [0.05, 0.1) is 6.54 Å². The number of rotatable bonds is 6. The lowest BCUT2D eigenvalue weighted by molar-refractivity contribution is 0.0613. The number of hydrogen-bond donors (Lipinski definition) is 0. The maximum atomic E-state index is 15.0. The fraction of sp³-hybridized carbons (Fsp3) is 0.480. The van der Waals surface area contributed by atoms with Crippen LogP contribution in [0.25, 0.3) is 0 Å². The van der Waals surface area contributed by atoms with Crippen LogP contribution in [0.4, 0.5) is 4.39 Å². The Morgan fingerprint density at radius 3 is 2.34 bits per heavy atom. The maximum Gasteiger partial charge on any atom is 0.173 e. The van der Waals surface area contributed by atoms with Crippen molar-refractivity contribution < 1.29 is 4.39 Å². The third-order valence-electron chi connectivity index (χ3n) is 6.98. The van der Waals surface area contributed by atoms with Crippen molar-refractivity contribution in [2.45, 2.75) is 50.7 Å². The summed E-state index contributed by atoms with van der Waals surface area (Å²) in [5, 5.41) is 12.6. The van der Waals surface area contributed by atoms with Crippen LogP contribution in [-0.2, 0) is 6.54 Å². The molecular formula is C25H31FN6. The molecule has 1 aromatic heterocycles. The SMILES string of the molecule is Fc1ccccc1[C@@H](c1nnnn1Cc1ccccc1)N1CCN(C2CCCCC2)CC1. The Bertz CT molecular complexity index is 992. The lowest BCUT2D eigenvalue weighted by atomic mass is 9.93. The predicted octanol–water partition coefficient (Wildman–Crippen LogP) is 3.90. The summed E-state index contributed by atoms with van der Waals surface area (Å²) in [7, 11) is 0. The summed E-state index contributed by atoms with van der Waals surface area (Å²) in [5.41, 5.74) is 1.76. The molecule has 0 N–H and O–H groups in total. The standard InChI is InChI=1S/C25H31FN6/c26-23-14-8-7-13-22(23)24(25-27-28-29-32(25)19-20-9-3-1-4-10-20)31-17-15-30(16-18-31)21-11-5-2-6-12-21/h1,3-4,7-10,13-14,21,24H,2,5-6,11-12,15-19H2/t24-/m0/s1. The Morgan fingerprint density at radius 2 is 1.59 bits per heavy atom. The summed E-state index contributed by atoms with van der Waals surface area (Å²) in [5.74, 6) is 0.492. The molecule has 2 aliphatic rings. The van der Waals surface area contributed by atoms with E-state index in [9.17, 15) is 4.39 Å². The van der Waals surface area contributed by atoms with Crippen LogP contribution in [0.5, 0.6) is 0 Å². The fourth-order valence-electron chi connectivity index (χ4n) is 5.28. The number of tetrazole rings is 1. The highest BCUT2D eigenvalue weighted by atomic mass is 19.1. The monoisotopic (exact) mass is 434 g/mol. The van der Waals surface area contributed by atoms with Crippen molar-refractivity contribution in [3.05, 3.63) is 77.4 Å². The first-order valence-electron chi connectivity index (χ1n) is 11.8. The normalized spacial score (nSPS) is 19.8. The minimum absolute atomic E-state index is 0.207. The number of halogens is 1. The Kier molecular flexibility index (Phi) is 6.55. The first-order valence-corrected chi connectivity index (χ1v) is 11.8. The molecule has 6 nitrogen and oxygen atoms in total. The molecule has 168 valence electrons. The fourth-order valence-corrected chi connectivity index (χ4v) is 5.28. The summed E-state index contributed by atoms with van der Waals surface area (Å²) < 4.78 is 16.8. The van der Waals surface area contributed by atoms with Gasteiger partial charge < -0.3 is 0 Å². The highest BCUT2D eigenvalue weighted by Gasteiger charge is 2.34. The van der Waals surface area contributed by atoms with Gasteiger partial charge in [-0.25, -0.2) is 9.07 Å². The molecule has 1 aliphatic heterocycles. The molecule has 1 saturated heterocycles. The number of benzene rings is 2. The van der Waals surface area contributed by atoms with Crippen molar-refractivity contribution in [2.75, 3.05) is 26.2 Å². The second-order valence-corrected chi connectivity index (χ2v) is 8.97. The van der Waals surface area contributed by atoms with Gasteiger partial charge in [-0.2, -0.15) is 0 Å². The molecule has 2 aromatic carbocycles. The van der Waals surface area contributed by atoms with Crippen molar-refractivity contribution in [3.63, 3.8) is 0 Å². The zero-order valence-electron chi connectivity index (χ0n) is 18.5. The van der Waals surface area contributed by atoms with Crippen molar-refractivity contribution in [1.29, 1.82) is 0 Å². The number of aromatic nitrogens is 4. The smallest absolute Gasteiger partial charge is 0.173 e. The second kappa shape index (κ2) is 9.88. The Labute approximate surface area is 189 Å². The van der Waals surface area contributed by atoms with E-state index in [1.807, 2.05) is 35.0 Å². The minimum atomic E-state index is -0.302. The van der Waals surface area contributed by atoms with E-state index in [0.29, 0.717) is 24.0 Å². The van der Waals surface area contributed by atoms with Gasteiger partial charge in [0.2, 0.25) is 0 Å². The molecule has 32 heavy (non-hydrogen) atoms. The largest absolute Gasteiger partial charge is 0.298 e. The van der Waals surface area contributed by atoms with Crippen LogP contribution >= 0.6 is 0 Å². The Morgan fingerprint density at radius 1 is 0.875 bits per heavy atom. The molecule has 0 spiro atoms. The summed E-state index contributed by atoms with van der Waals surface area (Å²) in [6.45, 7) is 4.35. The number of hydrogen-bond acceptors (Lipinski definition) is 5. The van der Waals surface area contributed by atoms with Crippen LogP contribution in [-0.4, -0.2) is 62.2 Å². The third kappa shape index (κ3) is 4.59. The molecule has 1 aliphatic carbocycles. The van der Waals surface area contributed by atoms with Gasteiger partial charge in [0.15, 0.2) is 5.82 Å². The van der Waals surface area contributed by atoms with E-state index in [1.165, 1.54) is 38.2 Å². The topological polar surface area (TPSA) is 50.1 Å². The average Bonchev–Trinajstić information content (AvgIpc) is 3.30. The Hall–Kier alpha value is -2.64. The van der Waals surface area contributed by atoms with Gasteiger partial charge in [0.25, 0.3) is 0 Å². The first-order chi connectivity index (χ1) is 15.8. The zero-order chi connectivity index (χ0) is 21.8. The molecule has 0 amide bonds. The van der Waals surface area contributed by atoms with Crippen molar-refractivity contribution in [1.82, 2.24) is 30.0 Å². The van der Waals surface area contributed by atoms with Gasteiger partial charge in [0, 0.05) is 37.8 Å². The lowest BCUT2D eigenvalue weighted by Gasteiger charge is -2.43. The molecule has 5 rings (SSSR count). The van der Waals surface area contributed by atoms with Gasteiger partial charge in [-0.15, -0.1) is 5.10 Å². The Balaban J connectivity index is 1.41. The summed E-state index contributed by atoms with van der Waals surface area (Å²) >= 11 is 0. The molecule has 2 fully saturated rings. The molecule has 1 saturated carbocycles. The highest BCUT2D eigenvalue weighted by molar-refractivity contribution is 5.27. The number of nitrogens with zero attached hydrogens (tertiary/aromatic N) is 6. The molecule has 0 bridgehead atoms.